The zero-order chi connectivity index (χ0) is 35.0. The number of anilines is 1. The van der Waals surface area contributed by atoms with E-state index >= 15 is 0 Å². The van der Waals surface area contributed by atoms with Gasteiger partial charge in [0.05, 0.1) is 0 Å². The lowest BCUT2D eigenvalue weighted by Gasteiger charge is -2.27. The van der Waals surface area contributed by atoms with Crippen LogP contribution in [-0.2, 0) is 16.0 Å². The van der Waals surface area contributed by atoms with Crippen LogP contribution < -0.4 is 16.4 Å². The van der Waals surface area contributed by atoms with E-state index in [1.165, 1.54) is 0 Å². The summed E-state index contributed by atoms with van der Waals surface area (Å²) in [6.45, 7) is 4.10. The molecule has 0 aromatic heterocycles. The minimum atomic E-state index is -0.537. The molecule has 3 aromatic rings. The highest BCUT2D eigenvalue weighted by Gasteiger charge is 2.30. The number of carbonyl (C=O) groups excluding carboxylic acids is 3. The molecule has 50 heavy (non-hydrogen) atoms. The first-order valence-corrected chi connectivity index (χ1v) is 18.3. The Labute approximate surface area is 299 Å². The van der Waals surface area contributed by atoms with Gasteiger partial charge >= 0.3 is 0 Å². The Balaban J connectivity index is 1.13. The molecule has 1 saturated heterocycles. The van der Waals surface area contributed by atoms with Crippen LogP contribution in [0, 0.1) is 23.7 Å². The molecule has 2 unspecified atom stereocenters. The number of hydrogen-bond donors (Lipinski definition) is 3. The topological polar surface area (TPSA) is 138 Å². The maximum Gasteiger partial charge on any atom is 0.228 e. The molecule has 6 rings (SSSR count). The zero-order valence-corrected chi connectivity index (χ0v) is 29.5. The normalized spacial score (nSPS) is 22.5. The van der Waals surface area contributed by atoms with Crippen molar-refractivity contribution in [2.45, 2.75) is 70.8 Å². The van der Waals surface area contributed by atoms with Crippen molar-refractivity contribution in [3.05, 3.63) is 88.4 Å². The van der Waals surface area contributed by atoms with Gasteiger partial charge in [-0.2, -0.15) is 5.11 Å². The molecule has 2 heterocycles. The molecule has 3 aromatic carbocycles. The van der Waals surface area contributed by atoms with Gasteiger partial charge in [0.1, 0.15) is 5.78 Å². The first kappa shape index (κ1) is 35.8. The molecule has 0 bridgehead atoms. The fourth-order valence-electron chi connectivity index (χ4n) is 7.54. The summed E-state index contributed by atoms with van der Waals surface area (Å²) < 4.78 is 0. The third-order valence-corrected chi connectivity index (χ3v) is 10.9. The molecule has 1 aliphatic carbocycles. The quantitative estimate of drug-likeness (QED) is 0.158. The number of rotatable bonds is 13. The summed E-state index contributed by atoms with van der Waals surface area (Å²) >= 11 is 6.74. The van der Waals surface area contributed by atoms with Crippen molar-refractivity contribution in [2.75, 3.05) is 25.1 Å². The van der Waals surface area contributed by atoms with Gasteiger partial charge in [-0.3, -0.25) is 14.4 Å². The van der Waals surface area contributed by atoms with Crippen LogP contribution in [0.3, 0.4) is 0 Å². The fourth-order valence-corrected chi connectivity index (χ4v) is 7.83. The van der Waals surface area contributed by atoms with Crippen LogP contribution in [0.25, 0.3) is 11.1 Å². The first-order valence-electron chi connectivity index (χ1n) is 18.0. The Kier molecular flexibility index (Phi) is 12.0. The molecular formula is C40H47ClN6O3. The first-order chi connectivity index (χ1) is 24.2. The van der Waals surface area contributed by atoms with Crippen LogP contribution in [0.2, 0.25) is 5.02 Å². The smallest absolute Gasteiger partial charge is 0.228 e. The van der Waals surface area contributed by atoms with E-state index in [1.54, 1.807) is 6.07 Å². The summed E-state index contributed by atoms with van der Waals surface area (Å²) in [4.78, 5) is 44.6. The second-order valence-corrected chi connectivity index (χ2v) is 14.6. The van der Waals surface area contributed by atoms with E-state index in [-0.39, 0.29) is 29.8 Å². The minimum absolute atomic E-state index is 0.0312. The maximum absolute atomic E-state index is 13.8. The predicted octanol–water partition coefficient (Wildman–Crippen LogP) is 7.66. The van der Waals surface area contributed by atoms with E-state index in [2.05, 4.69) is 32.8 Å². The number of amidine groups is 1. The standard InChI is InChI=1S/C40H47ClN6O3/c1-25-18-28(16-17-43-25)20-37(48)32-12-15-35(36(41)21-32)29-6-2-26(3-7-29)19-33(22-38(49)30-8-4-27(23-42)5-9-30)40(50)46-34-13-10-31(11-14-34)39-44-24-45-47-39/h2-3,6-7,10-15,21,25,27-28,30,33,43H,4-5,8-9,16-20,22-24,42H2,1H3,(H,46,50)/t25?,27?,28?,30?,33-/m1/s1. The number of aliphatic imine (C=N–C) groups is 1. The van der Waals surface area contributed by atoms with Crippen LogP contribution in [0.1, 0.15) is 79.8 Å². The van der Waals surface area contributed by atoms with E-state index < -0.39 is 5.92 Å². The third kappa shape index (κ3) is 9.19. The predicted molar refractivity (Wildman–Crippen MR) is 199 cm³/mol. The fraction of sp³-hybridized carbons (Fsp3) is 0.450. The van der Waals surface area contributed by atoms with E-state index in [1.807, 2.05) is 60.7 Å². The second-order valence-electron chi connectivity index (χ2n) is 14.2. The lowest BCUT2D eigenvalue weighted by atomic mass is 9.77. The molecule has 2 aliphatic heterocycles. The van der Waals surface area contributed by atoms with Gasteiger partial charge in [0.15, 0.2) is 18.3 Å². The Morgan fingerprint density at radius 1 is 0.940 bits per heavy atom. The van der Waals surface area contributed by atoms with Gasteiger partial charge in [-0.25, -0.2) is 4.99 Å². The van der Waals surface area contributed by atoms with Crippen molar-refractivity contribution in [1.29, 1.82) is 0 Å². The second kappa shape index (κ2) is 16.8. The van der Waals surface area contributed by atoms with Crippen molar-refractivity contribution in [3.63, 3.8) is 0 Å². The molecule has 262 valence electrons. The lowest BCUT2D eigenvalue weighted by Crippen LogP contribution is -2.36. The summed E-state index contributed by atoms with van der Waals surface area (Å²) in [6.07, 6.45) is 6.72. The van der Waals surface area contributed by atoms with Gasteiger partial charge in [0.2, 0.25) is 5.91 Å². The number of nitrogens with one attached hydrogen (secondary N) is 2. The number of ketones is 2. The van der Waals surface area contributed by atoms with Crippen LogP contribution in [-0.4, -0.2) is 49.1 Å². The van der Waals surface area contributed by atoms with Gasteiger partial charge in [0.25, 0.3) is 0 Å². The van der Waals surface area contributed by atoms with Crippen LogP contribution in [0.5, 0.6) is 0 Å². The maximum atomic E-state index is 13.8. The highest BCUT2D eigenvalue weighted by molar-refractivity contribution is 6.33. The van der Waals surface area contributed by atoms with E-state index in [0.717, 1.165) is 67.3 Å². The largest absolute Gasteiger partial charge is 0.330 e. The summed E-state index contributed by atoms with van der Waals surface area (Å²) in [5, 5.41) is 15.0. The number of Topliss-reactive ketones (excluding diaryl/α,β-unsaturated/α-hetero) is 2. The van der Waals surface area contributed by atoms with E-state index in [9.17, 15) is 14.4 Å². The SMILES string of the molecule is CC1CC(CC(=O)c2ccc(-c3ccc(C[C@H](CC(=O)C4CCC(CN)CC4)C(=O)Nc4ccc(C5=NCN=N5)cc4)cc3)c(Cl)c2)CCN1. The highest BCUT2D eigenvalue weighted by atomic mass is 35.5. The van der Waals surface area contributed by atoms with Gasteiger partial charge in [-0.1, -0.05) is 48.0 Å². The number of nitrogens with zero attached hydrogens (tertiary/aromatic N) is 3. The molecule has 0 radical (unpaired) electrons. The lowest BCUT2D eigenvalue weighted by molar-refractivity contribution is -0.129. The van der Waals surface area contributed by atoms with E-state index in [4.69, 9.17) is 17.3 Å². The van der Waals surface area contributed by atoms with Crippen molar-refractivity contribution in [3.8, 4) is 11.1 Å². The van der Waals surface area contributed by atoms with Gasteiger partial charge in [0, 0.05) is 58.1 Å². The monoisotopic (exact) mass is 694 g/mol. The van der Waals surface area contributed by atoms with Crippen LogP contribution in [0.15, 0.2) is 82.0 Å². The van der Waals surface area contributed by atoms with E-state index in [0.29, 0.717) is 66.0 Å². The molecule has 1 amide bonds. The summed E-state index contributed by atoms with van der Waals surface area (Å²) in [5.74, 6) is 0.963. The van der Waals surface area contributed by atoms with Gasteiger partial charge in [-0.05, 0) is 118 Å². The average molecular weight is 695 g/mol. The van der Waals surface area contributed by atoms with Crippen LogP contribution in [0.4, 0.5) is 5.69 Å². The molecule has 10 heteroatoms. The summed E-state index contributed by atoms with van der Waals surface area (Å²) in [6, 6.07) is 21.3. The highest BCUT2D eigenvalue weighted by Crippen LogP contribution is 2.33. The molecule has 0 spiro atoms. The Morgan fingerprint density at radius 3 is 2.34 bits per heavy atom. The van der Waals surface area contributed by atoms with Gasteiger partial charge < -0.3 is 16.4 Å². The number of hydrogen-bond acceptors (Lipinski definition) is 8. The number of amides is 1. The van der Waals surface area contributed by atoms with Crippen LogP contribution >= 0.6 is 11.6 Å². The van der Waals surface area contributed by atoms with Crippen molar-refractivity contribution in [1.82, 2.24) is 5.32 Å². The summed E-state index contributed by atoms with van der Waals surface area (Å²) in [7, 11) is 0. The molecule has 4 N–H and O–H groups in total. The Hall–Kier alpha value is -4.05. The number of halogens is 1. The molecule has 2 fully saturated rings. The number of nitrogens with two attached hydrogens (primary N) is 1. The minimum Gasteiger partial charge on any atom is -0.330 e. The Bertz CT molecular complexity index is 1730. The molecule has 1 saturated carbocycles. The van der Waals surface area contributed by atoms with Gasteiger partial charge in [-0.15, -0.1) is 5.11 Å². The molecule has 9 nitrogen and oxygen atoms in total. The third-order valence-electron chi connectivity index (χ3n) is 10.6. The van der Waals surface area contributed by atoms with Crippen molar-refractivity contribution >= 4 is 40.6 Å². The number of carbonyl (C=O) groups is 3. The molecular weight excluding hydrogens is 648 g/mol. The average Bonchev–Trinajstić information content (AvgIpc) is 3.67. The summed E-state index contributed by atoms with van der Waals surface area (Å²) in [5.41, 5.74) is 10.7. The van der Waals surface area contributed by atoms with Crippen molar-refractivity contribution in [2.24, 2.45) is 44.6 Å². The molecule has 3 aliphatic rings. The number of azo groups is 1. The number of benzene rings is 3. The zero-order valence-electron chi connectivity index (χ0n) is 28.7. The van der Waals surface area contributed by atoms with Crippen molar-refractivity contribution < 1.29 is 14.4 Å². The molecule has 3 atom stereocenters. The number of piperidine rings is 1. The Morgan fingerprint density at radius 2 is 1.68 bits per heavy atom.